The van der Waals surface area contributed by atoms with Gasteiger partial charge in [-0.3, -0.25) is 0 Å². The molecule has 110 valence electrons. The van der Waals surface area contributed by atoms with Crippen molar-refractivity contribution in [3.8, 4) is 28.1 Å². The molecule has 0 amide bonds. The number of nitriles is 1. The largest absolute Gasteiger partial charge is 0.493 e. The summed E-state index contributed by atoms with van der Waals surface area (Å²) in [5.74, 6) is 1.86. The number of nitrogens with zero attached hydrogens (tertiary/aromatic N) is 2. The van der Waals surface area contributed by atoms with E-state index in [9.17, 15) is 0 Å². The SMILES string of the molecule is COc1cc(-c2nc(C)c(C#N)s2)ccc1OCC(C)C. The molecule has 4 nitrogen and oxygen atoms in total. The number of rotatable bonds is 5. The first kappa shape index (κ1) is 15.3. The maximum atomic E-state index is 9.02. The zero-order valence-electron chi connectivity index (χ0n) is 12.6. The van der Waals surface area contributed by atoms with Crippen LogP contribution in [-0.4, -0.2) is 18.7 Å². The van der Waals surface area contributed by atoms with Crippen LogP contribution in [0.4, 0.5) is 0 Å². The van der Waals surface area contributed by atoms with E-state index in [1.807, 2.05) is 25.1 Å². The van der Waals surface area contributed by atoms with Gasteiger partial charge in [-0.25, -0.2) is 4.98 Å². The summed E-state index contributed by atoms with van der Waals surface area (Å²) in [5, 5.41) is 9.84. The van der Waals surface area contributed by atoms with Gasteiger partial charge in [0.05, 0.1) is 19.4 Å². The minimum Gasteiger partial charge on any atom is -0.493 e. The molecule has 0 bridgehead atoms. The molecule has 2 rings (SSSR count). The van der Waals surface area contributed by atoms with Crippen molar-refractivity contribution in [1.29, 1.82) is 5.26 Å². The molecule has 0 fully saturated rings. The third kappa shape index (κ3) is 3.53. The molecule has 0 aliphatic heterocycles. The first-order chi connectivity index (χ1) is 10.0. The molecule has 0 radical (unpaired) electrons. The molecule has 0 saturated carbocycles. The van der Waals surface area contributed by atoms with Crippen LogP contribution in [-0.2, 0) is 0 Å². The number of hydrogen-bond acceptors (Lipinski definition) is 5. The van der Waals surface area contributed by atoms with E-state index in [0.29, 0.717) is 23.2 Å². The van der Waals surface area contributed by atoms with Crippen molar-refractivity contribution >= 4 is 11.3 Å². The molecular formula is C16H18N2O2S. The fourth-order valence-electron chi connectivity index (χ4n) is 1.80. The normalized spacial score (nSPS) is 10.5. The van der Waals surface area contributed by atoms with E-state index >= 15 is 0 Å². The van der Waals surface area contributed by atoms with Gasteiger partial charge in [-0.2, -0.15) is 5.26 Å². The monoisotopic (exact) mass is 302 g/mol. The zero-order chi connectivity index (χ0) is 15.4. The summed E-state index contributed by atoms with van der Waals surface area (Å²) < 4.78 is 11.1. The maximum absolute atomic E-state index is 9.02. The van der Waals surface area contributed by atoms with Crippen LogP contribution in [0.15, 0.2) is 18.2 Å². The predicted octanol–water partition coefficient (Wildman–Crippen LogP) is 4.03. The van der Waals surface area contributed by atoms with Crippen molar-refractivity contribution in [2.75, 3.05) is 13.7 Å². The zero-order valence-corrected chi connectivity index (χ0v) is 13.5. The summed E-state index contributed by atoms with van der Waals surface area (Å²) in [6.07, 6.45) is 0. The van der Waals surface area contributed by atoms with Crippen LogP contribution in [0.25, 0.3) is 10.6 Å². The Hall–Kier alpha value is -2.06. The van der Waals surface area contributed by atoms with Gasteiger partial charge in [-0.05, 0) is 31.0 Å². The number of thiazole rings is 1. The van der Waals surface area contributed by atoms with E-state index in [1.165, 1.54) is 11.3 Å². The molecule has 0 atom stereocenters. The van der Waals surface area contributed by atoms with Crippen LogP contribution in [0.3, 0.4) is 0 Å². The lowest BCUT2D eigenvalue weighted by atomic mass is 10.2. The van der Waals surface area contributed by atoms with Crippen molar-refractivity contribution in [2.24, 2.45) is 5.92 Å². The average Bonchev–Trinajstić information content (AvgIpc) is 2.86. The second kappa shape index (κ2) is 6.59. The Morgan fingerprint density at radius 2 is 2.10 bits per heavy atom. The number of hydrogen-bond donors (Lipinski definition) is 0. The lowest BCUT2D eigenvalue weighted by Crippen LogP contribution is -2.05. The quantitative estimate of drug-likeness (QED) is 0.836. The summed E-state index contributed by atoms with van der Waals surface area (Å²) in [7, 11) is 1.62. The number of ether oxygens (including phenoxy) is 2. The molecule has 5 heteroatoms. The predicted molar refractivity (Wildman–Crippen MR) is 83.9 cm³/mol. The van der Waals surface area contributed by atoms with E-state index in [1.54, 1.807) is 7.11 Å². The Bertz CT molecular complexity index is 671. The van der Waals surface area contributed by atoms with Crippen molar-refractivity contribution in [1.82, 2.24) is 4.98 Å². The fraction of sp³-hybridized carbons (Fsp3) is 0.375. The Morgan fingerprint density at radius 3 is 2.67 bits per heavy atom. The second-order valence-corrected chi connectivity index (χ2v) is 6.11. The molecule has 21 heavy (non-hydrogen) atoms. The topological polar surface area (TPSA) is 55.1 Å². The average molecular weight is 302 g/mol. The third-order valence-electron chi connectivity index (χ3n) is 2.88. The Balaban J connectivity index is 2.31. The third-order valence-corrected chi connectivity index (χ3v) is 3.99. The minimum atomic E-state index is 0.453. The van der Waals surface area contributed by atoms with Gasteiger partial charge in [0.15, 0.2) is 11.5 Å². The molecule has 0 spiro atoms. The van der Waals surface area contributed by atoms with Crippen LogP contribution in [0, 0.1) is 24.2 Å². The number of methoxy groups -OCH3 is 1. The van der Waals surface area contributed by atoms with Crippen molar-refractivity contribution < 1.29 is 9.47 Å². The molecular weight excluding hydrogens is 284 g/mol. The molecule has 0 aliphatic carbocycles. The molecule has 0 saturated heterocycles. The fourth-order valence-corrected chi connectivity index (χ4v) is 2.66. The summed E-state index contributed by atoms with van der Waals surface area (Å²) in [6.45, 7) is 6.69. The van der Waals surface area contributed by atoms with Gasteiger partial charge in [0.25, 0.3) is 0 Å². The molecule has 1 aromatic carbocycles. The first-order valence-corrected chi connectivity index (χ1v) is 7.55. The van der Waals surface area contributed by atoms with Crippen molar-refractivity contribution in [2.45, 2.75) is 20.8 Å². The highest BCUT2D eigenvalue weighted by Gasteiger charge is 2.12. The Kier molecular flexibility index (Phi) is 4.81. The highest BCUT2D eigenvalue weighted by atomic mass is 32.1. The summed E-state index contributed by atoms with van der Waals surface area (Å²) in [4.78, 5) is 5.07. The first-order valence-electron chi connectivity index (χ1n) is 6.74. The van der Waals surface area contributed by atoms with Gasteiger partial charge in [-0.1, -0.05) is 13.8 Å². The standard InChI is InChI=1S/C16H18N2O2S/c1-10(2)9-20-13-6-5-12(7-14(13)19-4)16-18-11(3)15(8-17)21-16/h5-7,10H,9H2,1-4H3. The van der Waals surface area contributed by atoms with Crippen LogP contribution < -0.4 is 9.47 Å². The van der Waals surface area contributed by atoms with Gasteiger partial charge in [0.2, 0.25) is 0 Å². The molecule has 0 unspecified atom stereocenters. The summed E-state index contributed by atoms with van der Waals surface area (Å²) in [6, 6.07) is 7.89. The van der Waals surface area contributed by atoms with E-state index < -0.39 is 0 Å². The molecule has 0 aliphatic rings. The van der Waals surface area contributed by atoms with Gasteiger partial charge >= 0.3 is 0 Å². The smallest absolute Gasteiger partial charge is 0.161 e. The summed E-state index contributed by atoms with van der Waals surface area (Å²) >= 11 is 1.39. The number of aryl methyl sites for hydroxylation is 1. The molecule has 2 aromatic rings. The maximum Gasteiger partial charge on any atom is 0.161 e. The van der Waals surface area contributed by atoms with Gasteiger partial charge in [0.1, 0.15) is 16.0 Å². The highest BCUT2D eigenvalue weighted by Crippen LogP contribution is 2.35. The van der Waals surface area contributed by atoms with Crippen LogP contribution in [0.1, 0.15) is 24.4 Å². The van der Waals surface area contributed by atoms with Crippen molar-refractivity contribution in [3.63, 3.8) is 0 Å². The molecule has 1 heterocycles. The van der Waals surface area contributed by atoms with E-state index in [-0.39, 0.29) is 0 Å². The Morgan fingerprint density at radius 1 is 1.33 bits per heavy atom. The lowest BCUT2D eigenvalue weighted by Gasteiger charge is -2.13. The van der Waals surface area contributed by atoms with E-state index in [2.05, 4.69) is 24.9 Å². The van der Waals surface area contributed by atoms with E-state index in [0.717, 1.165) is 22.0 Å². The number of aromatic nitrogens is 1. The Labute approximate surface area is 129 Å². The van der Waals surface area contributed by atoms with E-state index in [4.69, 9.17) is 14.7 Å². The van der Waals surface area contributed by atoms with Crippen molar-refractivity contribution in [3.05, 3.63) is 28.8 Å². The van der Waals surface area contributed by atoms with Gasteiger partial charge < -0.3 is 9.47 Å². The van der Waals surface area contributed by atoms with Gasteiger partial charge in [0, 0.05) is 5.56 Å². The van der Waals surface area contributed by atoms with Crippen LogP contribution in [0.5, 0.6) is 11.5 Å². The van der Waals surface area contributed by atoms with Crippen LogP contribution in [0.2, 0.25) is 0 Å². The molecule has 1 aromatic heterocycles. The number of benzene rings is 1. The minimum absolute atomic E-state index is 0.453. The molecule has 0 N–H and O–H groups in total. The second-order valence-electron chi connectivity index (χ2n) is 5.12. The van der Waals surface area contributed by atoms with Gasteiger partial charge in [-0.15, -0.1) is 11.3 Å². The van der Waals surface area contributed by atoms with Crippen LogP contribution >= 0.6 is 11.3 Å². The highest BCUT2D eigenvalue weighted by molar-refractivity contribution is 7.15. The summed E-state index contributed by atoms with van der Waals surface area (Å²) in [5.41, 5.74) is 1.69. The lowest BCUT2D eigenvalue weighted by molar-refractivity contribution is 0.257.